The van der Waals surface area contributed by atoms with E-state index >= 15 is 0 Å². The highest BCUT2D eigenvalue weighted by atomic mass is 16.3. The highest BCUT2D eigenvalue weighted by Crippen LogP contribution is 2.15. The molecular formula is C14H23N3O. The zero-order valence-corrected chi connectivity index (χ0v) is 11.3. The molecule has 0 bridgehead atoms. The molecule has 1 aliphatic rings. The van der Waals surface area contributed by atoms with Crippen LogP contribution in [0.15, 0.2) is 18.2 Å². The van der Waals surface area contributed by atoms with Crippen LogP contribution in [0.4, 0.5) is 5.82 Å². The molecule has 4 heteroatoms. The Balaban J connectivity index is 1.94. The van der Waals surface area contributed by atoms with Crippen molar-refractivity contribution in [2.24, 2.45) is 0 Å². The van der Waals surface area contributed by atoms with Crippen LogP contribution in [0.25, 0.3) is 0 Å². The zero-order chi connectivity index (χ0) is 13.0. The maximum Gasteiger partial charge on any atom is 0.128 e. The minimum absolute atomic E-state index is 0.263. The zero-order valence-electron chi connectivity index (χ0n) is 11.3. The summed E-state index contributed by atoms with van der Waals surface area (Å²) in [6.07, 6.45) is 1.01. The van der Waals surface area contributed by atoms with Crippen LogP contribution >= 0.6 is 0 Å². The normalized spacial score (nSPS) is 18.9. The number of hydrogen-bond donors (Lipinski definition) is 1. The number of aliphatic hydroxyl groups excluding tert-OH is 1. The molecule has 0 amide bonds. The number of aryl methyl sites for hydroxylation is 1. The Hall–Kier alpha value is -1.13. The van der Waals surface area contributed by atoms with Crippen LogP contribution in [-0.4, -0.2) is 53.8 Å². The molecule has 18 heavy (non-hydrogen) atoms. The number of pyridine rings is 1. The second-order valence-electron chi connectivity index (χ2n) is 4.90. The lowest BCUT2D eigenvalue weighted by atomic mass is 10.1. The van der Waals surface area contributed by atoms with Gasteiger partial charge in [0.2, 0.25) is 0 Å². The average molecular weight is 249 g/mol. The van der Waals surface area contributed by atoms with E-state index in [0.29, 0.717) is 6.04 Å². The molecule has 0 aromatic carbocycles. The van der Waals surface area contributed by atoms with E-state index in [9.17, 15) is 5.11 Å². The summed E-state index contributed by atoms with van der Waals surface area (Å²) in [5.41, 5.74) is 1.07. The molecule has 1 aliphatic heterocycles. The molecule has 2 heterocycles. The average Bonchev–Trinajstić information content (AvgIpc) is 2.41. The van der Waals surface area contributed by atoms with Gasteiger partial charge in [0.1, 0.15) is 5.82 Å². The van der Waals surface area contributed by atoms with Crippen LogP contribution in [0.1, 0.15) is 19.0 Å². The minimum atomic E-state index is 0.263. The molecule has 1 atom stereocenters. The van der Waals surface area contributed by atoms with Crippen molar-refractivity contribution in [3.63, 3.8) is 0 Å². The highest BCUT2D eigenvalue weighted by Gasteiger charge is 2.22. The highest BCUT2D eigenvalue weighted by molar-refractivity contribution is 5.39. The van der Waals surface area contributed by atoms with E-state index < -0.39 is 0 Å². The summed E-state index contributed by atoms with van der Waals surface area (Å²) >= 11 is 0. The Morgan fingerprint density at radius 1 is 1.28 bits per heavy atom. The van der Waals surface area contributed by atoms with Crippen LogP contribution < -0.4 is 4.90 Å². The molecule has 1 N–H and O–H groups in total. The molecule has 1 fully saturated rings. The Labute approximate surface area is 109 Å². The van der Waals surface area contributed by atoms with Gasteiger partial charge in [-0.3, -0.25) is 4.90 Å². The van der Waals surface area contributed by atoms with Gasteiger partial charge in [0.05, 0.1) is 6.61 Å². The Bertz CT molecular complexity index is 371. The van der Waals surface area contributed by atoms with Crippen molar-refractivity contribution < 1.29 is 5.11 Å². The lowest BCUT2D eigenvalue weighted by Crippen LogP contribution is -2.51. The second kappa shape index (κ2) is 6.16. The summed E-state index contributed by atoms with van der Waals surface area (Å²) in [5, 5.41) is 9.33. The van der Waals surface area contributed by atoms with Gasteiger partial charge in [-0.1, -0.05) is 13.0 Å². The summed E-state index contributed by atoms with van der Waals surface area (Å²) in [6, 6.07) is 6.48. The molecular weight excluding hydrogens is 226 g/mol. The van der Waals surface area contributed by atoms with Crippen molar-refractivity contribution in [2.45, 2.75) is 26.3 Å². The molecule has 1 aromatic rings. The predicted octanol–water partition coefficient (Wildman–Crippen LogP) is 1.28. The first-order valence-corrected chi connectivity index (χ1v) is 6.78. The summed E-state index contributed by atoms with van der Waals surface area (Å²) < 4.78 is 0. The first-order valence-electron chi connectivity index (χ1n) is 6.78. The van der Waals surface area contributed by atoms with Crippen LogP contribution in [0.5, 0.6) is 0 Å². The van der Waals surface area contributed by atoms with E-state index in [1.165, 1.54) is 0 Å². The minimum Gasteiger partial charge on any atom is -0.395 e. The van der Waals surface area contributed by atoms with E-state index in [2.05, 4.69) is 33.8 Å². The SMILES string of the molecule is CCC(CO)N1CCN(c2cccc(C)n2)CC1. The van der Waals surface area contributed by atoms with Crippen LogP contribution in [0.3, 0.4) is 0 Å². The number of nitrogens with zero attached hydrogens (tertiary/aromatic N) is 3. The van der Waals surface area contributed by atoms with Gasteiger partial charge in [-0.25, -0.2) is 4.98 Å². The van der Waals surface area contributed by atoms with Crippen LogP contribution in [0, 0.1) is 6.92 Å². The van der Waals surface area contributed by atoms with E-state index in [1.54, 1.807) is 0 Å². The van der Waals surface area contributed by atoms with Crippen LogP contribution in [0.2, 0.25) is 0 Å². The second-order valence-corrected chi connectivity index (χ2v) is 4.90. The summed E-state index contributed by atoms with van der Waals surface area (Å²) in [7, 11) is 0. The lowest BCUT2D eigenvalue weighted by molar-refractivity contribution is 0.114. The maximum absolute atomic E-state index is 9.33. The van der Waals surface area contributed by atoms with Crippen molar-refractivity contribution in [2.75, 3.05) is 37.7 Å². The molecule has 1 unspecified atom stereocenters. The fraction of sp³-hybridized carbons (Fsp3) is 0.643. The summed E-state index contributed by atoms with van der Waals surface area (Å²) in [4.78, 5) is 9.27. The molecule has 0 saturated carbocycles. The van der Waals surface area contributed by atoms with Gasteiger partial charge in [-0.15, -0.1) is 0 Å². The predicted molar refractivity (Wildman–Crippen MR) is 73.9 cm³/mol. The van der Waals surface area contributed by atoms with Gasteiger partial charge in [-0.05, 0) is 25.5 Å². The number of hydrogen-bond acceptors (Lipinski definition) is 4. The van der Waals surface area contributed by atoms with Gasteiger partial charge in [-0.2, -0.15) is 0 Å². The molecule has 1 saturated heterocycles. The van der Waals surface area contributed by atoms with Gasteiger partial charge in [0, 0.05) is 37.9 Å². The fourth-order valence-electron chi connectivity index (χ4n) is 2.52. The Morgan fingerprint density at radius 3 is 2.56 bits per heavy atom. The van der Waals surface area contributed by atoms with E-state index in [4.69, 9.17) is 0 Å². The van der Waals surface area contributed by atoms with E-state index in [1.807, 2.05) is 13.0 Å². The molecule has 0 aliphatic carbocycles. The van der Waals surface area contributed by atoms with Gasteiger partial charge in [0.25, 0.3) is 0 Å². The standard InChI is InChI=1S/C14H23N3O/c1-3-13(11-18)16-7-9-17(10-8-16)14-6-4-5-12(2)15-14/h4-6,13,18H,3,7-11H2,1-2H3. The molecule has 2 rings (SSSR count). The van der Waals surface area contributed by atoms with Crippen molar-refractivity contribution in [3.8, 4) is 0 Å². The first-order chi connectivity index (χ1) is 8.74. The van der Waals surface area contributed by atoms with Crippen molar-refractivity contribution >= 4 is 5.82 Å². The maximum atomic E-state index is 9.33. The monoisotopic (exact) mass is 249 g/mol. The smallest absolute Gasteiger partial charge is 0.128 e. The topological polar surface area (TPSA) is 39.6 Å². The van der Waals surface area contributed by atoms with Gasteiger partial charge < -0.3 is 10.0 Å². The van der Waals surface area contributed by atoms with E-state index in [-0.39, 0.29) is 6.61 Å². The van der Waals surface area contributed by atoms with Crippen molar-refractivity contribution in [3.05, 3.63) is 23.9 Å². The third-order valence-corrected chi connectivity index (χ3v) is 3.71. The number of aromatic nitrogens is 1. The van der Waals surface area contributed by atoms with E-state index in [0.717, 1.165) is 44.1 Å². The number of rotatable bonds is 4. The van der Waals surface area contributed by atoms with Crippen molar-refractivity contribution in [1.29, 1.82) is 0 Å². The van der Waals surface area contributed by atoms with Gasteiger partial charge in [0.15, 0.2) is 0 Å². The number of anilines is 1. The largest absolute Gasteiger partial charge is 0.395 e. The first kappa shape index (κ1) is 13.3. The van der Waals surface area contributed by atoms with Crippen LogP contribution in [-0.2, 0) is 0 Å². The lowest BCUT2D eigenvalue weighted by Gasteiger charge is -2.39. The Kier molecular flexibility index (Phi) is 4.55. The number of aliphatic hydroxyl groups is 1. The molecule has 0 spiro atoms. The molecule has 100 valence electrons. The third-order valence-electron chi connectivity index (χ3n) is 3.71. The fourth-order valence-corrected chi connectivity index (χ4v) is 2.52. The quantitative estimate of drug-likeness (QED) is 0.872. The number of piperazine rings is 1. The summed E-state index contributed by atoms with van der Waals surface area (Å²) in [5.74, 6) is 1.08. The molecule has 1 aromatic heterocycles. The van der Waals surface area contributed by atoms with Crippen molar-refractivity contribution in [1.82, 2.24) is 9.88 Å². The molecule has 0 radical (unpaired) electrons. The summed E-state index contributed by atoms with van der Waals surface area (Å²) in [6.45, 7) is 8.43. The van der Waals surface area contributed by atoms with Gasteiger partial charge >= 0.3 is 0 Å². The Morgan fingerprint density at radius 2 is 2.00 bits per heavy atom. The molecule has 4 nitrogen and oxygen atoms in total. The third kappa shape index (κ3) is 3.00.